The Hall–Kier alpha value is -0.840. The lowest BCUT2D eigenvalue weighted by atomic mass is 9.95. The topological polar surface area (TPSA) is 326 Å². The van der Waals surface area contributed by atoms with Crippen molar-refractivity contribution < 1.29 is 104 Å². The molecule has 298 valence electrons. The summed E-state index contributed by atoms with van der Waals surface area (Å²) in [5.74, 6) is 0. The van der Waals surface area contributed by atoms with Crippen molar-refractivity contribution in [1.29, 1.82) is 0 Å². The first-order chi connectivity index (χ1) is 23.8. The van der Waals surface area contributed by atoms with Crippen LogP contribution in [0.2, 0.25) is 0 Å². The van der Waals surface area contributed by atoms with E-state index in [1.807, 2.05) is 0 Å². The molecule has 0 spiro atoms. The van der Waals surface area contributed by atoms with Gasteiger partial charge in [-0.05, 0) is 34.6 Å². The molecule has 25 atom stereocenters. The van der Waals surface area contributed by atoms with Crippen LogP contribution < -0.4 is 0 Å². The van der Waals surface area contributed by atoms with Gasteiger partial charge in [0.25, 0.3) is 0 Å². The summed E-state index contributed by atoms with van der Waals surface area (Å²) in [5, 5.41) is 127. The van der Waals surface area contributed by atoms with E-state index in [-0.39, 0.29) is 0 Å². The summed E-state index contributed by atoms with van der Waals surface area (Å²) in [5.41, 5.74) is 0. The van der Waals surface area contributed by atoms with E-state index in [0.717, 1.165) is 0 Å². The van der Waals surface area contributed by atoms with Crippen LogP contribution >= 0.6 is 0 Å². The molecule has 0 saturated carbocycles. The minimum atomic E-state index is -1.88. The Bertz CT molecular complexity index is 1120. The van der Waals surface area contributed by atoms with Gasteiger partial charge in [0.05, 0.1) is 30.5 Å². The second-order valence-corrected chi connectivity index (χ2v) is 13.9. The van der Waals surface area contributed by atoms with Gasteiger partial charge < -0.3 is 104 Å². The minimum Gasteiger partial charge on any atom is -0.388 e. The standard InChI is InChI=1S/C30H52O21/c1-6-13(33)16(36)25(26(42)43-6)51-29-20(40)17(37)22(9(4)46-29)48-30-21(41)24(50-28-19(39)15(35)12(32)8(3)45-28)23(10(5)47-30)49-27-18(38)14(34)11(31)7(2)44-27/h6-42H,1-5H3/t6-,7-,8-,9+,10-,11-,12-,13-,14+,15+,16+,17+,18+,19+,20+,21+,22-,23-,24-,25+,26+,27-,28-,29-,30-/m0/s1. The third-order valence-electron chi connectivity index (χ3n) is 10.1. The van der Waals surface area contributed by atoms with Crippen molar-refractivity contribution in [2.45, 2.75) is 188 Å². The molecule has 0 unspecified atom stereocenters. The maximum absolute atomic E-state index is 11.6. The van der Waals surface area contributed by atoms with Crippen LogP contribution in [-0.4, -0.2) is 215 Å². The molecule has 0 aromatic rings. The van der Waals surface area contributed by atoms with Gasteiger partial charge in [-0.15, -0.1) is 0 Å². The predicted octanol–water partition coefficient (Wildman–Crippen LogP) is -6.79. The second-order valence-electron chi connectivity index (χ2n) is 13.9. The fraction of sp³-hybridized carbons (Fsp3) is 1.00. The van der Waals surface area contributed by atoms with E-state index in [0.29, 0.717) is 0 Å². The quantitative estimate of drug-likeness (QED) is 0.110. The fourth-order valence-electron chi connectivity index (χ4n) is 6.79. The zero-order valence-electron chi connectivity index (χ0n) is 28.5. The summed E-state index contributed by atoms with van der Waals surface area (Å²) in [6.45, 7) is 7.10. The maximum atomic E-state index is 11.6. The van der Waals surface area contributed by atoms with E-state index in [1.165, 1.54) is 34.6 Å². The van der Waals surface area contributed by atoms with E-state index in [9.17, 15) is 61.3 Å². The Labute approximate surface area is 292 Å². The van der Waals surface area contributed by atoms with Gasteiger partial charge in [0.1, 0.15) is 91.6 Å². The highest BCUT2D eigenvalue weighted by Gasteiger charge is 2.55. The van der Waals surface area contributed by atoms with Crippen molar-refractivity contribution in [3.8, 4) is 0 Å². The number of ether oxygens (including phenoxy) is 9. The lowest BCUT2D eigenvalue weighted by Crippen LogP contribution is -2.67. The highest BCUT2D eigenvalue weighted by atomic mass is 16.8. The SMILES string of the molecule is C[C@@H]1O[C@@H](O[C@@H]2[C@@H](O[C@@H]3O[C@@H](C)[C@H](O)[C@@H](O)[C@H]3O)[C@@H](O)[C@H](O[C@@H]3[C@H](O)[C@@H](O)[C@H](O[C@@H]4[C@H](O)[C@@H](O)[C@H](C)O[C@H]4O)O[C@@H]3C)O[C@H]2C)[C@H](O)[C@H](O)[C@H]1O. The van der Waals surface area contributed by atoms with Crippen molar-refractivity contribution in [2.75, 3.05) is 0 Å². The van der Waals surface area contributed by atoms with Gasteiger partial charge in [0.15, 0.2) is 31.5 Å². The van der Waals surface area contributed by atoms with Gasteiger partial charge in [0, 0.05) is 0 Å². The molecule has 5 aliphatic heterocycles. The molecule has 5 aliphatic rings. The van der Waals surface area contributed by atoms with Crippen molar-refractivity contribution in [3.05, 3.63) is 0 Å². The van der Waals surface area contributed by atoms with Crippen LogP contribution in [0.3, 0.4) is 0 Å². The zero-order chi connectivity index (χ0) is 37.8. The lowest BCUT2D eigenvalue weighted by molar-refractivity contribution is -0.398. The molecule has 0 aromatic heterocycles. The van der Waals surface area contributed by atoms with E-state index < -0.39 is 154 Å². The van der Waals surface area contributed by atoms with E-state index in [1.54, 1.807) is 0 Å². The molecule has 21 heteroatoms. The van der Waals surface area contributed by atoms with Gasteiger partial charge in [0.2, 0.25) is 0 Å². The lowest BCUT2D eigenvalue weighted by Gasteiger charge is -2.50. The van der Waals surface area contributed by atoms with Gasteiger partial charge >= 0.3 is 0 Å². The summed E-state index contributed by atoms with van der Waals surface area (Å²) >= 11 is 0. The number of aliphatic hydroxyl groups is 12. The monoisotopic (exact) mass is 748 g/mol. The summed E-state index contributed by atoms with van der Waals surface area (Å²) in [6.07, 6.45) is -38.2. The van der Waals surface area contributed by atoms with Crippen molar-refractivity contribution in [1.82, 2.24) is 0 Å². The molecular weight excluding hydrogens is 696 g/mol. The highest BCUT2D eigenvalue weighted by molar-refractivity contribution is 4.98. The molecule has 12 N–H and O–H groups in total. The third-order valence-corrected chi connectivity index (χ3v) is 10.1. The van der Waals surface area contributed by atoms with Crippen molar-refractivity contribution in [3.63, 3.8) is 0 Å². The maximum Gasteiger partial charge on any atom is 0.187 e. The summed E-state index contributed by atoms with van der Waals surface area (Å²) in [4.78, 5) is 0. The van der Waals surface area contributed by atoms with Crippen LogP contribution in [0.5, 0.6) is 0 Å². The van der Waals surface area contributed by atoms with E-state index in [4.69, 9.17) is 42.6 Å². The largest absolute Gasteiger partial charge is 0.388 e. The summed E-state index contributed by atoms with van der Waals surface area (Å²) in [6, 6.07) is 0. The highest BCUT2D eigenvalue weighted by Crippen LogP contribution is 2.36. The van der Waals surface area contributed by atoms with E-state index >= 15 is 0 Å². The van der Waals surface area contributed by atoms with Crippen molar-refractivity contribution >= 4 is 0 Å². The zero-order valence-corrected chi connectivity index (χ0v) is 28.5. The van der Waals surface area contributed by atoms with Crippen LogP contribution in [0, 0.1) is 0 Å². The van der Waals surface area contributed by atoms with Crippen molar-refractivity contribution in [2.24, 2.45) is 0 Å². The number of hydrogen-bond donors (Lipinski definition) is 12. The predicted molar refractivity (Wildman–Crippen MR) is 159 cm³/mol. The van der Waals surface area contributed by atoms with Crippen LogP contribution in [0.15, 0.2) is 0 Å². The molecule has 5 saturated heterocycles. The van der Waals surface area contributed by atoms with Crippen LogP contribution in [-0.2, 0) is 42.6 Å². The number of rotatable bonds is 8. The van der Waals surface area contributed by atoms with Crippen LogP contribution in [0.1, 0.15) is 34.6 Å². The molecule has 51 heavy (non-hydrogen) atoms. The average molecular weight is 749 g/mol. The Morgan fingerprint density at radius 3 is 1.10 bits per heavy atom. The summed E-state index contributed by atoms with van der Waals surface area (Å²) in [7, 11) is 0. The number of hydrogen-bond acceptors (Lipinski definition) is 21. The molecule has 0 bridgehead atoms. The van der Waals surface area contributed by atoms with Gasteiger partial charge in [-0.2, -0.15) is 0 Å². The Morgan fingerprint density at radius 2 is 0.588 bits per heavy atom. The molecular formula is C30H52O21. The normalized spacial score (nSPS) is 57.2. The molecule has 0 amide bonds. The van der Waals surface area contributed by atoms with Crippen LogP contribution in [0.4, 0.5) is 0 Å². The Balaban J connectivity index is 1.33. The first kappa shape index (κ1) is 41.3. The Kier molecular flexibility index (Phi) is 13.4. The molecule has 0 aromatic carbocycles. The molecule has 5 heterocycles. The van der Waals surface area contributed by atoms with Crippen LogP contribution in [0.25, 0.3) is 0 Å². The third kappa shape index (κ3) is 8.24. The molecule has 21 nitrogen and oxygen atoms in total. The smallest absolute Gasteiger partial charge is 0.187 e. The average Bonchev–Trinajstić information content (AvgIpc) is 3.08. The second kappa shape index (κ2) is 16.5. The molecule has 5 fully saturated rings. The van der Waals surface area contributed by atoms with Gasteiger partial charge in [-0.25, -0.2) is 0 Å². The molecule has 5 rings (SSSR count). The van der Waals surface area contributed by atoms with E-state index in [2.05, 4.69) is 0 Å². The first-order valence-electron chi connectivity index (χ1n) is 16.9. The minimum absolute atomic E-state index is 0.937. The molecule has 0 aliphatic carbocycles. The first-order valence-corrected chi connectivity index (χ1v) is 16.9. The summed E-state index contributed by atoms with van der Waals surface area (Å²) < 4.78 is 51.2. The number of aliphatic hydroxyl groups excluding tert-OH is 12. The van der Waals surface area contributed by atoms with Gasteiger partial charge in [-0.3, -0.25) is 0 Å². The molecule has 0 radical (unpaired) electrons. The fourth-order valence-corrected chi connectivity index (χ4v) is 6.79. The Morgan fingerprint density at radius 1 is 0.275 bits per heavy atom. The van der Waals surface area contributed by atoms with Gasteiger partial charge in [-0.1, -0.05) is 0 Å².